The largest absolute Gasteiger partial charge is 0.357 e. The minimum atomic E-state index is -2.91. The van der Waals surface area contributed by atoms with Crippen LogP contribution in [0, 0.1) is 0 Å². The highest BCUT2D eigenvalue weighted by atomic mass is 32.2. The number of benzene rings is 1. The van der Waals surface area contributed by atoms with Crippen molar-refractivity contribution in [3.63, 3.8) is 0 Å². The third-order valence-electron chi connectivity index (χ3n) is 4.63. The molecule has 7 heteroatoms. The summed E-state index contributed by atoms with van der Waals surface area (Å²) in [5.41, 5.74) is 2.53. The summed E-state index contributed by atoms with van der Waals surface area (Å²) in [6.07, 6.45) is 5.84. The highest BCUT2D eigenvalue weighted by Gasteiger charge is 2.10. The van der Waals surface area contributed by atoms with Crippen molar-refractivity contribution in [1.29, 1.82) is 0 Å². The molecule has 0 spiro atoms. The Hall–Kier alpha value is -1.60. The second-order valence-corrected chi connectivity index (χ2v) is 9.52. The van der Waals surface area contributed by atoms with Crippen molar-refractivity contribution in [2.24, 2.45) is 4.99 Å². The van der Waals surface area contributed by atoms with Crippen LogP contribution in [0.25, 0.3) is 0 Å². The molecule has 0 unspecified atom stereocenters. The zero-order chi connectivity index (χ0) is 19.5. The quantitative estimate of drug-likeness (QED) is 0.381. The molecule has 0 atom stereocenters. The molecule has 2 N–H and O–H groups in total. The molecule has 1 saturated heterocycles. The highest BCUT2D eigenvalue weighted by molar-refractivity contribution is 7.90. The minimum Gasteiger partial charge on any atom is -0.357 e. The van der Waals surface area contributed by atoms with E-state index in [1.165, 1.54) is 49.7 Å². The maximum Gasteiger partial charge on any atom is 0.191 e. The summed E-state index contributed by atoms with van der Waals surface area (Å²) in [4.78, 5) is 7.13. The zero-order valence-corrected chi connectivity index (χ0v) is 17.5. The first-order valence-corrected chi connectivity index (χ1v) is 12.0. The lowest BCUT2D eigenvalue weighted by Crippen LogP contribution is -2.38. The van der Waals surface area contributed by atoms with Gasteiger partial charge in [-0.1, -0.05) is 30.7 Å². The SMILES string of the molecule is CCNC(=NCc1ccc(CN2CCCCC2)cc1)NCCCS(C)(=O)=O. The molecule has 0 amide bonds. The van der Waals surface area contributed by atoms with Crippen LogP contribution < -0.4 is 10.6 Å². The summed E-state index contributed by atoms with van der Waals surface area (Å²) in [6, 6.07) is 8.70. The molecule has 0 saturated carbocycles. The van der Waals surface area contributed by atoms with Crippen LogP contribution in [0.3, 0.4) is 0 Å². The molecule has 0 radical (unpaired) electrons. The molecule has 0 aliphatic carbocycles. The molecular formula is C20H34N4O2S. The van der Waals surface area contributed by atoms with Gasteiger partial charge in [0.2, 0.25) is 0 Å². The molecule has 27 heavy (non-hydrogen) atoms. The van der Waals surface area contributed by atoms with Gasteiger partial charge in [-0.25, -0.2) is 13.4 Å². The maximum absolute atomic E-state index is 11.2. The number of nitrogens with one attached hydrogen (secondary N) is 2. The molecule has 1 heterocycles. The van der Waals surface area contributed by atoms with Gasteiger partial charge in [-0.2, -0.15) is 0 Å². The van der Waals surface area contributed by atoms with E-state index in [2.05, 4.69) is 44.8 Å². The van der Waals surface area contributed by atoms with E-state index >= 15 is 0 Å². The predicted molar refractivity (Wildman–Crippen MR) is 113 cm³/mol. The maximum atomic E-state index is 11.2. The Morgan fingerprint density at radius 2 is 1.74 bits per heavy atom. The van der Waals surface area contributed by atoms with Crippen molar-refractivity contribution in [2.75, 3.05) is 38.2 Å². The molecular weight excluding hydrogens is 360 g/mol. The van der Waals surface area contributed by atoms with E-state index in [4.69, 9.17) is 0 Å². The fourth-order valence-corrected chi connectivity index (χ4v) is 3.85. The molecule has 152 valence electrons. The first-order chi connectivity index (χ1) is 13.0. The molecule has 1 aliphatic heterocycles. The van der Waals surface area contributed by atoms with Gasteiger partial charge in [-0.3, -0.25) is 4.90 Å². The van der Waals surface area contributed by atoms with Crippen LogP contribution in [-0.4, -0.2) is 57.5 Å². The molecule has 1 fully saturated rings. The van der Waals surface area contributed by atoms with Gasteiger partial charge in [0.05, 0.1) is 12.3 Å². The van der Waals surface area contributed by atoms with Gasteiger partial charge < -0.3 is 10.6 Å². The Morgan fingerprint density at radius 1 is 1.07 bits per heavy atom. The van der Waals surface area contributed by atoms with Crippen LogP contribution in [0.1, 0.15) is 43.7 Å². The number of aliphatic imine (C=N–C) groups is 1. The van der Waals surface area contributed by atoms with E-state index in [1.54, 1.807) is 0 Å². The Bertz CT molecular complexity index is 680. The van der Waals surface area contributed by atoms with Crippen LogP contribution in [-0.2, 0) is 22.9 Å². The van der Waals surface area contributed by atoms with Crippen LogP contribution in [0.4, 0.5) is 0 Å². The van der Waals surface area contributed by atoms with Crippen LogP contribution >= 0.6 is 0 Å². The average Bonchev–Trinajstić information content (AvgIpc) is 2.64. The summed E-state index contributed by atoms with van der Waals surface area (Å²) in [5, 5.41) is 6.40. The van der Waals surface area contributed by atoms with Gasteiger partial charge in [0.25, 0.3) is 0 Å². The Balaban J connectivity index is 1.81. The van der Waals surface area contributed by atoms with Crippen molar-refractivity contribution in [3.05, 3.63) is 35.4 Å². The Labute approximate surface area is 164 Å². The second-order valence-electron chi connectivity index (χ2n) is 7.26. The standard InChI is InChI=1S/C20H34N4O2S/c1-3-21-20(22-12-7-15-27(2,25)26)23-16-18-8-10-19(11-9-18)17-24-13-5-4-6-14-24/h8-11H,3-7,12-17H2,1-2H3,(H2,21,22,23). The van der Waals surface area contributed by atoms with Gasteiger partial charge in [0, 0.05) is 25.9 Å². The van der Waals surface area contributed by atoms with E-state index in [-0.39, 0.29) is 5.75 Å². The molecule has 1 aliphatic rings. The van der Waals surface area contributed by atoms with Crippen molar-refractivity contribution in [3.8, 4) is 0 Å². The summed E-state index contributed by atoms with van der Waals surface area (Å²) >= 11 is 0. The highest BCUT2D eigenvalue weighted by Crippen LogP contribution is 2.14. The lowest BCUT2D eigenvalue weighted by molar-refractivity contribution is 0.221. The van der Waals surface area contributed by atoms with Crippen LogP contribution in [0.5, 0.6) is 0 Å². The number of sulfone groups is 1. The first-order valence-electron chi connectivity index (χ1n) is 9.96. The van der Waals surface area contributed by atoms with Crippen molar-refractivity contribution in [1.82, 2.24) is 15.5 Å². The number of piperidine rings is 1. The van der Waals surface area contributed by atoms with E-state index in [9.17, 15) is 8.42 Å². The predicted octanol–water partition coefficient (Wildman–Crippen LogP) is 2.16. The molecule has 1 aromatic carbocycles. The lowest BCUT2D eigenvalue weighted by Gasteiger charge is -2.26. The van der Waals surface area contributed by atoms with Crippen molar-refractivity contribution in [2.45, 2.75) is 45.7 Å². The second kappa shape index (κ2) is 11.3. The Kier molecular flexibility index (Phi) is 9.07. The van der Waals surface area contributed by atoms with E-state index in [0.717, 1.165) is 19.0 Å². The summed E-state index contributed by atoms with van der Waals surface area (Å²) in [6.45, 7) is 7.44. The van der Waals surface area contributed by atoms with E-state index in [1.807, 2.05) is 6.92 Å². The summed E-state index contributed by atoms with van der Waals surface area (Å²) < 4.78 is 22.4. The number of likely N-dealkylation sites (tertiary alicyclic amines) is 1. The smallest absolute Gasteiger partial charge is 0.191 e. The number of hydrogen-bond acceptors (Lipinski definition) is 4. The number of hydrogen-bond donors (Lipinski definition) is 2. The van der Waals surface area contributed by atoms with Gasteiger partial charge in [-0.05, 0) is 50.4 Å². The summed E-state index contributed by atoms with van der Waals surface area (Å²) in [7, 11) is -2.91. The van der Waals surface area contributed by atoms with Gasteiger partial charge in [0.1, 0.15) is 9.84 Å². The summed E-state index contributed by atoms with van der Waals surface area (Å²) in [5.74, 6) is 0.918. The number of guanidine groups is 1. The Morgan fingerprint density at radius 3 is 2.37 bits per heavy atom. The van der Waals surface area contributed by atoms with Gasteiger partial charge in [0.15, 0.2) is 5.96 Å². The molecule has 6 nitrogen and oxygen atoms in total. The number of rotatable bonds is 9. The molecule has 2 rings (SSSR count). The van der Waals surface area contributed by atoms with Crippen molar-refractivity contribution >= 4 is 15.8 Å². The topological polar surface area (TPSA) is 73.8 Å². The fraction of sp³-hybridized carbons (Fsp3) is 0.650. The molecule has 1 aromatic rings. The third-order valence-corrected chi connectivity index (χ3v) is 5.66. The fourth-order valence-electron chi connectivity index (χ4n) is 3.18. The monoisotopic (exact) mass is 394 g/mol. The normalized spacial score (nSPS) is 16.3. The number of nitrogens with zero attached hydrogens (tertiary/aromatic N) is 2. The third kappa shape index (κ3) is 9.24. The van der Waals surface area contributed by atoms with E-state index < -0.39 is 9.84 Å². The lowest BCUT2D eigenvalue weighted by atomic mass is 10.1. The first kappa shape index (κ1) is 21.7. The van der Waals surface area contributed by atoms with Gasteiger partial charge >= 0.3 is 0 Å². The van der Waals surface area contributed by atoms with E-state index in [0.29, 0.717) is 19.5 Å². The van der Waals surface area contributed by atoms with Crippen molar-refractivity contribution < 1.29 is 8.42 Å². The zero-order valence-electron chi connectivity index (χ0n) is 16.7. The minimum absolute atomic E-state index is 0.192. The van der Waals surface area contributed by atoms with Gasteiger partial charge in [-0.15, -0.1) is 0 Å². The average molecular weight is 395 g/mol. The van der Waals surface area contributed by atoms with Crippen LogP contribution in [0.15, 0.2) is 29.3 Å². The molecule has 0 bridgehead atoms. The molecule has 0 aromatic heterocycles. The van der Waals surface area contributed by atoms with Crippen LogP contribution in [0.2, 0.25) is 0 Å².